The third kappa shape index (κ3) is 5.50. The van der Waals surface area contributed by atoms with Gasteiger partial charge in [-0.1, -0.05) is 30.0 Å². The highest BCUT2D eigenvalue weighted by atomic mass is 79.9. The lowest BCUT2D eigenvalue weighted by Gasteiger charge is -2.16. The molecule has 2 amide bonds. The molecule has 1 aliphatic rings. The molecule has 1 N–H and O–H groups in total. The fourth-order valence-corrected chi connectivity index (χ4v) is 4.52. The molecule has 2 aromatic carbocycles. The van der Waals surface area contributed by atoms with E-state index in [0.29, 0.717) is 24.0 Å². The van der Waals surface area contributed by atoms with Crippen LogP contribution >= 0.6 is 27.7 Å². The minimum atomic E-state index is -0.519. The van der Waals surface area contributed by atoms with E-state index in [1.165, 1.54) is 17.3 Å². The van der Waals surface area contributed by atoms with Crippen LogP contribution in [0.5, 0.6) is 0 Å². The van der Waals surface area contributed by atoms with Crippen LogP contribution in [0.25, 0.3) is 0 Å². The summed E-state index contributed by atoms with van der Waals surface area (Å²) in [5, 5.41) is 2.94. The Kier molecular flexibility index (Phi) is 7.69. The van der Waals surface area contributed by atoms with Gasteiger partial charge in [0.25, 0.3) is 0 Å². The molecule has 1 aliphatic heterocycles. The van der Waals surface area contributed by atoms with Crippen molar-refractivity contribution in [1.82, 2.24) is 4.90 Å². The highest BCUT2D eigenvalue weighted by Gasteiger charge is 2.39. The zero-order chi connectivity index (χ0) is 21.7. The van der Waals surface area contributed by atoms with Crippen molar-refractivity contribution in [3.05, 3.63) is 58.1 Å². The molecule has 0 radical (unpaired) electrons. The number of amides is 2. The summed E-state index contributed by atoms with van der Waals surface area (Å²) in [6.07, 6.45) is 0.0697. The van der Waals surface area contributed by atoms with Gasteiger partial charge in [-0.15, -0.1) is 0 Å². The Balaban J connectivity index is 1.76. The van der Waals surface area contributed by atoms with Crippen LogP contribution in [0.4, 0.5) is 11.4 Å². The Labute approximate surface area is 189 Å². The number of aliphatic imine (C=N–C) groups is 1. The van der Waals surface area contributed by atoms with Crippen LogP contribution in [0.2, 0.25) is 0 Å². The number of aryl methyl sites for hydroxylation is 2. The highest BCUT2D eigenvalue weighted by Crippen LogP contribution is 2.32. The molecule has 30 heavy (non-hydrogen) atoms. The lowest BCUT2D eigenvalue weighted by molar-refractivity contribution is -0.128. The number of nitrogens with one attached hydrogen (secondary N) is 1. The number of anilines is 1. The minimum absolute atomic E-state index is 0.0697. The normalized spacial score (nSPS) is 17.6. The molecule has 3 rings (SSSR count). The number of carbonyl (C=O) groups excluding carboxylic acids is 2. The molecule has 0 bridgehead atoms. The number of amidine groups is 1. The third-order valence-electron chi connectivity index (χ3n) is 4.77. The van der Waals surface area contributed by atoms with Gasteiger partial charge < -0.3 is 10.1 Å². The number of hydrogen-bond donors (Lipinski definition) is 1. The van der Waals surface area contributed by atoms with Gasteiger partial charge in [0.05, 0.1) is 24.5 Å². The fraction of sp³-hybridized carbons (Fsp3) is 0.318. The van der Waals surface area contributed by atoms with Gasteiger partial charge >= 0.3 is 0 Å². The zero-order valence-electron chi connectivity index (χ0n) is 17.1. The van der Waals surface area contributed by atoms with Gasteiger partial charge in [-0.25, -0.2) is 4.99 Å². The van der Waals surface area contributed by atoms with Gasteiger partial charge in [-0.05, 0) is 65.2 Å². The van der Waals surface area contributed by atoms with Crippen LogP contribution < -0.4 is 5.32 Å². The predicted molar refractivity (Wildman–Crippen MR) is 125 cm³/mol. The van der Waals surface area contributed by atoms with Crippen LogP contribution in [-0.2, 0) is 14.3 Å². The first-order valence-corrected chi connectivity index (χ1v) is 11.2. The van der Waals surface area contributed by atoms with E-state index >= 15 is 0 Å². The molecule has 158 valence electrons. The Hall–Kier alpha value is -2.16. The average Bonchev–Trinajstić information content (AvgIpc) is 2.99. The van der Waals surface area contributed by atoms with Crippen LogP contribution in [0, 0.1) is 13.8 Å². The quantitative estimate of drug-likeness (QED) is 0.613. The Morgan fingerprint density at radius 2 is 2.00 bits per heavy atom. The number of halogens is 1. The van der Waals surface area contributed by atoms with Crippen molar-refractivity contribution in [2.75, 3.05) is 25.6 Å². The highest BCUT2D eigenvalue weighted by molar-refractivity contribution is 9.10. The largest absolute Gasteiger partial charge is 0.383 e. The molecule has 0 aromatic heterocycles. The minimum Gasteiger partial charge on any atom is -0.383 e. The van der Waals surface area contributed by atoms with Crippen molar-refractivity contribution in [2.45, 2.75) is 25.5 Å². The molecular formula is C22H24BrN3O3S. The Bertz CT molecular complexity index is 980. The van der Waals surface area contributed by atoms with Crippen molar-refractivity contribution in [2.24, 2.45) is 4.99 Å². The maximum absolute atomic E-state index is 13.0. The van der Waals surface area contributed by atoms with E-state index in [-0.39, 0.29) is 18.2 Å². The first kappa shape index (κ1) is 22.5. The summed E-state index contributed by atoms with van der Waals surface area (Å²) in [5.41, 5.74) is 3.79. The van der Waals surface area contributed by atoms with E-state index in [0.717, 1.165) is 15.7 Å². The van der Waals surface area contributed by atoms with Gasteiger partial charge in [-0.3, -0.25) is 14.5 Å². The molecular weight excluding hydrogens is 466 g/mol. The summed E-state index contributed by atoms with van der Waals surface area (Å²) in [7, 11) is 1.59. The predicted octanol–water partition coefficient (Wildman–Crippen LogP) is 4.67. The van der Waals surface area contributed by atoms with E-state index in [9.17, 15) is 9.59 Å². The number of hydrogen-bond acceptors (Lipinski definition) is 5. The first-order valence-electron chi connectivity index (χ1n) is 9.56. The van der Waals surface area contributed by atoms with Gasteiger partial charge in [-0.2, -0.15) is 0 Å². The topological polar surface area (TPSA) is 71.0 Å². The fourth-order valence-electron chi connectivity index (χ4n) is 2.95. The summed E-state index contributed by atoms with van der Waals surface area (Å²) >= 11 is 4.74. The number of methoxy groups -OCH3 is 1. The number of para-hydroxylation sites is 1. The standard InChI is InChI=1S/C22H24BrN3O3S/c1-14-8-9-16(12-15(14)2)24-22-26(10-11-29-3)21(28)19(30-22)13-20(27)25-18-7-5-4-6-17(18)23/h4-9,12,19H,10-11,13H2,1-3H3,(H,25,27). The number of benzene rings is 2. The van der Waals surface area contributed by atoms with Crippen molar-refractivity contribution in [1.29, 1.82) is 0 Å². The Morgan fingerprint density at radius 3 is 2.70 bits per heavy atom. The SMILES string of the molecule is COCCN1C(=O)C(CC(=O)Nc2ccccc2Br)SC1=Nc1ccc(C)c(C)c1. The smallest absolute Gasteiger partial charge is 0.242 e. The second kappa shape index (κ2) is 10.2. The Morgan fingerprint density at radius 1 is 1.23 bits per heavy atom. The molecule has 2 aromatic rings. The summed E-state index contributed by atoms with van der Waals surface area (Å²) < 4.78 is 5.95. The maximum atomic E-state index is 13.0. The van der Waals surface area contributed by atoms with E-state index in [2.05, 4.69) is 21.2 Å². The van der Waals surface area contributed by atoms with Gasteiger partial charge in [0.2, 0.25) is 11.8 Å². The van der Waals surface area contributed by atoms with E-state index < -0.39 is 5.25 Å². The van der Waals surface area contributed by atoms with Crippen LogP contribution in [0.15, 0.2) is 51.9 Å². The summed E-state index contributed by atoms with van der Waals surface area (Å²) in [4.78, 5) is 31.8. The van der Waals surface area contributed by atoms with Crippen LogP contribution in [-0.4, -0.2) is 47.4 Å². The monoisotopic (exact) mass is 489 g/mol. The van der Waals surface area contributed by atoms with Crippen molar-refractivity contribution < 1.29 is 14.3 Å². The van der Waals surface area contributed by atoms with Crippen LogP contribution in [0.1, 0.15) is 17.5 Å². The zero-order valence-corrected chi connectivity index (χ0v) is 19.5. The molecule has 6 nitrogen and oxygen atoms in total. The number of rotatable bonds is 7. The lowest BCUT2D eigenvalue weighted by atomic mass is 10.1. The summed E-state index contributed by atoms with van der Waals surface area (Å²) in [6.45, 7) is 4.87. The lowest BCUT2D eigenvalue weighted by Crippen LogP contribution is -2.35. The molecule has 1 unspecified atom stereocenters. The van der Waals surface area contributed by atoms with Gasteiger partial charge in [0.1, 0.15) is 5.25 Å². The van der Waals surface area contributed by atoms with Crippen molar-refractivity contribution in [3.8, 4) is 0 Å². The average molecular weight is 490 g/mol. The molecule has 0 aliphatic carbocycles. The van der Waals surface area contributed by atoms with Gasteiger partial charge in [0.15, 0.2) is 5.17 Å². The van der Waals surface area contributed by atoms with E-state index in [4.69, 9.17) is 9.73 Å². The van der Waals surface area contributed by atoms with Crippen molar-refractivity contribution >= 4 is 56.0 Å². The third-order valence-corrected chi connectivity index (χ3v) is 6.64. The second-order valence-electron chi connectivity index (χ2n) is 6.98. The van der Waals surface area contributed by atoms with E-state index in [1.54, 1.807) is 12.0 Å². The summed E-state index contributed by atoms with van der Waals surface area (Å²) in [6, 6.07) is 13.3. The number of nitrogens with zero attached hydrogens (tertiary/aromatic N) is 2. The van der Waals surface area contributed by atoms with Gasteiger partial charge in [0, 0.05) is 18.0 Å². The van der Waals surface area contributed by atoms with Crippen LogP contribution in [0.3, 0.4) is 0 Å². The molecule has 0 spiro atoms. The molecule has 8 heteroatoms. The second-order valence-corrected chi connectivity index (χ2v) is 9.01. The van der Waals surface area contributed by atoms with E-state index in [1.807, 2.05) is 56.3 Å². The maximum Gasteiger partial charge on any atom is 0.242 e. The molecule has 1 atom stereocenters. The molecule has 0 saturated carbocycles. The first-order chi connectivity index (χ1) is 14.4. The number of ether oxygens (including phenoxy) is 1. The number of thioether (sulfide) groups is 1. The summed E-state index contributed by atoms with van der Waals surface area (Å²) in [5.74, 6) is -0.339. The molecule has 1 saturated heterocycles. The van der Waals surface area contributed by atoms with Crippen molar-refractivity contribution in [3.63, 3.8) is 0 Å². The molecule has 1 fully saturated rings. The molecule has 1 heterocycles. The number of carbonyl (C=O) groups is 2.